The van der Waals surface area contributed by atoms with Crippen LogP contribution in [0.4, 0.5) is 5.13 Å². The van der Waals surface area contributed by atoms with Crippen molar-refractivity contribution < 1.29 is 9.90 Å². The molecule has 0 radical (unpaired) electrons. The second-order valence-corrected chi connectivity index (χ2v) is 7.69. The molecule has 0 saturated carbocycles. The average Bonchev–Trinajstić information content (AvgIpc) is 3.14. The third-order valence-corrected chi connectivity index (χ3v) is 4.67. The molecule has 136 valence electrons. The van der Waals surface area contributed by atoms with Gasteiger partial charge in [0.15, 0.2) is 5.13 Å². The standard InChI is InChI=1S/C19H22N4O2S/c1-12-8-14(9-13(2)20-12)10-23-7-5-6-15(23)17(24)22-18-21-16(11-26-18)19(3,4)25/h5-9,11,25H,10H2,1-4H3,(H,21,22,24). The molecule has 3 aromatic heterocycles. The van der Waals surface area contributed by atoms with Gasteiger partial charge in [-0.25, -0.2) is 4.98 Å². The molecule has 7 heteroatoms. The van der Waals surface area contributed by atoms with Crippen LogP contribution >= 0.6 is 11.3 Å². The number of aliphatic hydroxyl groups is 1. The summed E-state index contributed by atoms with van der Waals surface area (Å²) in [6, 6.07) is 7.66. The van der Waals surface area contributed by atoms with Gasteiger partial charge in [0.05, 0.1) is 5.69 Å². The molecule has 0 aliphatic heterocycles. The van der Waals surface area contributed by atoms with Crippen molar-refractivity contribution >= 4 is 22.4 Å². The lowest BCUT2D eigenvalue weighted by atomic mass is 10.1. The Morgan fingerprint density at radius 3 is 2.58 bits per heavy atom. The number of thiazole rings is 1. The maximum absolute atomic E-state index is 12.6. The van der Waals surface area contributed by atoms with E-state index in [-0.39, 0.29) is 5.91 Å². The minimum Gasteiger partial charge on any atom is -0.384 e. The molecule has 3 heterocycles. The second kappa shape index (κ2) is 7.01. The fourth-order valence-electron chi connectivity index (χ4n) is 2.74. The zero-order valence-electron chi connectivity index (χ0n) is 15.3. The highest BCUT2D eigenvalue weighted by Crippen LogP contribution is 2.25. The van der Waals surface area contributed by atoms with E-state index in [0.717, 1.165) is 17.0 Å². The van der Waals surface area contributed by atoms with Crippen LogP contribution in [0.25, 0.3) is 0 Å². The van der Waals surface area contributed by atoms with Gasteiger partial charge in [-0.1, -0.05) is 0 Å². The lowest BCUT2D eigenvalue weighted by Gasteiger charge is -2.13. The lowest BCUT2D eigenvalue weighted by Crippen LogP contribution is -2.18. The number of nitrogens with zero attached hydrogens (tertiary/aromatic N) is 3. The van der Waals surface area contributed by atoms with Crippen molar-refractivity contribution in [3.63, 3.8) is 0 Å². The minimum atomic E-state index is -1.03. The lowest BCUT2D eigenvalue weighted by molar-refractivity contribution is 0.0745. The Morgan fingerprint density at radius 2 is 1.96 bits per heavy atom. The molecule has 0 aliphatic rings. The first-order chi connectivity index (χ1) is 12.2. The molecule has 3 aromatic rings. The summed E-state index contributed by atoms with van der Waals surface area (Å²) in [4.78, 5) is 21.3. The van der Waals surface area contributed by atoms with Crippen LogP contribution in [-0.2, 0) is 12.1 Å². The Bertz CT molecular complexity index is 917. The molecule has 2 N–H and O–H groups in total. The third kappa shape index (κ3) is 4.17. The minimum absolute atomic E-state index is 0.228. The number of amides is 1. The van der Waals surface area contributed by atoms with Gasteiger partial charge in [0.25, 0.3) is 5.91 Å². The summed E-state index contributed by atoms with van der Waals surface area (Å²) in [6.07, 6.45) is 1.88. The molecule has 0 atom stereocenters. The maximum atomic E-state index is 12.6. The van der Waals surface area contributed by atoms with E-state index < -0.39 is 5.60 Å². The van der Waals surface area contributed by atoms with Gasteiger partial charge in [-0.15, -0.1) is 11.3 Å². The van der Waals surface area contributed by atoms with Crippen molar-refractivity contribution in [3.05, 3.63) is 64.2 Å². The van der Waals surface area contributed by atoms with Gasteiger partial charge < -0.3 is 9.67 Å². The zero-order chi connectivity index (χ0) is 18.9. The molecule has 0 unspecified atom stereocenters. The molecule has 1 amide bonds. The quantitative estimate of drug-likeness (QED) is 0.720. The number of pyridine rings is 1. The number of hydrogen-bond acceptors (Lipinski definition) is 5. The summed E-state index contributed by atoms with van der Waals surface area (Å²) >= 11 is 1.30. The summed E-state index contributed by atoms with van der Waals surface area (Å²) in [5.74, 6) is -0.228. The van der Waals surface area contributed by atoms with Crippen LogP contribution < -0.4 is 5.32 Å². The summed E-state index contributed by atoms with van der Waals surface area (Å²) < 4.78 is 1.90. The molecule has 0 fully saturated rings. The van der Waals surface area contributed by atoms with Gasteiger partial charge in [0.2, 0.25) is 0 Å². The SMILES string of the molecule is Cc1cc(Cn2cccc2C(=O)Nc2nc(C(C)(C)O)cs2)cc(C)n1. The predicted molar refractivity (Wildman–Crippen MR) is 103 cm³/mol. The molecule has 0 spiro atoms. The van der Waals surface area contributed by atoms with Crippen molar-refractivity contribution in [2.24, 2.45) is 0 Å². The van der Waals surface area contributed by atoms with Crippen LogP contribution in [0.1, 0.15) is 47.0 Å². The van der Waals surface area contributed by atoms with E-state index in [1.54, 1.807) is 25.3 Å². The smallest absolute Gasteiger partial charge is 0.274 e. The monoisotopic (exact) mass is 370 g/mol. The van der Waals surface area contributed by atoms with E-state index in [1.165, 1.54) is 11.3 Å². The molecular formula is C19H22N4O2S. The first-order valence-electron chi connectivity index (χ1n) is 8.31. The van der Waals surface area contributed by atoms with Gasteiger partial charge in [-0.05, 0) is 57.5 Å². The highest BCUT2D eigenvalue weighted by Gasteiger charge is 2.21. The van der Waals surface area contributed by atoms with Crippen molar-refractivity contribution in [3.8, 4) is 0 Å². The first-order valence-corrected chi connectivity index (χ1v) is 9.19. The molecule has 0 bridgehead atoms. The van der Waals surface area contributed by atoms with Crippen LogP contribution in [0.3, 0.4) is 0 Å². The predicted octanol–water partition coefficient (Wildman–Crippen LogP) is 3.48. The van der Waals surface area contributed by atoms with E-state index in [4.69, 9.17) is 0 Å². The number of rotatable bonds is 5. The van der Waals surface area contributed by atoms with Crippen molar-refractivity contribution in [1.29, 1.82) is 0 Å². The number of aryl methyl sites for hydroxylation is 2. The number of anilines is 1. The van der Waals surface area contributed by atoms with Crippen LogP contribution in [-0.4, -0.2) is 25.5 Å². The van der Waals surface area contributed by atoms with Gasteiger partial charge >= 0.3 is 0 Å². The topological polar surface area (TPSA) is 80.0 Å². The summed E-state index contributed by atoms with van der Waals surface area (Å²) in [7, 11) is 0. The Hall–Kier alpha value is -2.51. The number of hydrogen-bond donors (Lipinski definition) is 2. The Morgan fingerprint density at radius 1 is 1.27 bits per heavy atom. The number of nitrogens with one attached hydrogen (secondary N) is 1. The van der Waals surface area contributed by atoms with Crippen LogP contribution in [0.5, 0.6) is 0 Å². The van der Waals surface area contributed by atoms with Gasteiger partial charge in [-0.3, -0.25) is 15.1 Å². The first kappa shape index (κ1) is 18.3. The van der Waals surface area contributed by atoms with Crippen molar-refractivity contribution in [2.75, 3.05) is 5.32 Å². The van der Waals surface area contributed by atoms with E-state index in [0.29, 0.717) is 23.1 Å². The third-order valence-electron chi connectivity index (χ3n) is 3.91. The van der Waals surface area contributed by atoms with E-state index in [1.807, 2.05) is 42.8 Å². The fourth-order valence-corrected chi connectivity index (χ4v) is 3.61. The summed E-state index contributed by atoms with van der Waals surface area (Å²) in [6.45, 7) is 7.84. The zero-order valence-corrected chi connectivity index (χ0v) is 16.1. The molecular weight excluding hydrogens is 348 g/mol. The Kier molecular flexibility index (Phi) is 4.93. The molecule has 3 rings (SSSR count). The Balaban J connectivity index is 1.77. The fraction of sp³-hybridized carbons (Fsp3) is 0.316. The summed E-state index contributed by atoms with van der Waals surface area (Å²) in [5.41, 5.74) is 3.07. The van der Waals surface area contributed by atoms with Crippen molar-refractivity contribution in [2.45, 2.75) is 39.8 Å². The normalized spacial score (nSPS) is 11.6. The Labute approximate surface area is 156 Å². The molecule has 0 aliphatic carbocycles. The van der Waals surface area contributed by atoms with Gasteiger partial charge in [-0.2, -0.15) is 0 Å². The number of aromatic nitrogens is 3. The molecule has 6 nitrogen and oxygen atoms in total. The largest absolute Gasteiger partial charge is 0.384 e. The molecule has 0 aromatic carbocycles. The average molecular weight is 370 g/mol. The van der Waals surface area contributed by atoms with Crippen LogP contribution in [0.2, 0.25) is 0 Å². The van der Waals surface area contributed by atoms with E-state index in [9.17, 15) is 9.90 Å². The van der Waals surface area contributed by atoms with Crippen LogP contribution in [0.15, 0.2) is 35.8 Å². The number of carbonyl (C=O) groups excluding carboxylic acids is 1. The van der Waals surface area contributed by atoms with Crippen molar-refractivity contribution in [1.82, 2.24) is 14.5 Å². The van der Waals surface area contributed by atoms with E-state index in [2.05, 4.69) is 15.3 Å². The number of carbonyl (C=O) groups is 1. The highest BCUT2D eigenvalue weighted by atomic mass is 32.1. The van der Waals surface area contributed by atoms with Gasteiger partial charge in [0, 0.05) is 29.5 Å². The molecule has 26 heavy (non-hydrogen) atoms. The maximum Gasteiger partial charge on any atom is 0.274 e. The second-order valence-electron chi connectivity index (χ2n) is 6.83. The summed E-state index contributed by atoms with van der Waals surface area (Å²) in [5, 5.41) is 15.0. The molecule has 0 saturated heterocycles. The van der Waals surface area contributed by atoms with Gasteiger partial charge in [0.1, 0.15) is 11.3 Å². The highest BCUT2D eigenvalue weighted by molar-refractivity contribution is 7.14. The van der Waals surface area contributed by atoms with E-state index >= 15 is 0 Å². The van der Waals surface area contributed by atoms with Crippen LogP contribution in [0, 0.1) is 13.8 Å².